The molecule has 1 N–H and O–H groups in total. The van der Waals surface area contributed by atoms with Crippen LogP contribution in [-0.4, -0.2) is 12.5 Å². The van der Waals surface area contributed by atoms with Gasteiger partial charge in [0, 0.05) is 16.1 Å². The molecule has 0 radical (unpaired) electrons. The molecule has 132 valence electrons. The van der Waals surface area contributed by atoms with E-state index in [-0.39, 0.29) is 17.7 Å². The van der Waals surface area contributed by atoms with Gasteiger partial charge in [-0.15, -0.1) is 0 Å². The molecule has 0 fully saturated rings. The van der Waals surface area contributed by atoms with E-state index in [1.165, 1.54) is 18.2 Å². The summed E-state index contributed by atoms with van der Waals surface area (Å²) in [4.78, 5) is 12.0. The average Bonchev–Trinajstić information content (AvgIpc) is 2.53. The van der Waals surface area contributed by atoms with Gasteiger partial charge in [-0.1, -0.05) is 41.4 Å². The van der Waals surface area contributed by atoms with Gasteiger partial charge < -0.3 is 10.1 Å². The maximum atomic E-state index is 12.1. The van der Waals surface area contributed by atoms with Crippen molar-refractivity contribution in [3.05, 3.63) is 69.7 Å². The molecule has 0 aliphatic carbocycles. The summed E-state index contributed by atoms with van der Waals surface area (Å²) in [6.45, 7) is -1.06. The van der Waals surface area contributed by atoms with Gasteiger partial charge in [-0.3, -0.25) is 4.79 Å². The second kappa shape index (κ2) is 8.83. The van der Waals surface area contributed by atoms with Crippen molar-refractivity contribution in [2.24, 2.45) is 0 Å². The molecule has 0 aliphatic rings. The molecule has 0 saturated carbocycles. The van der Waals surface area contributed by atoms with Crippen molar-refractivity contribution in [1.29, 1.82) is 0 Å². The Bertz CT molecular complexity index is 764. The van der Waals surface area contributed by atoms with Crippen molar-refractivity contribution in [3.8, 4) is 5.75 Å². The zero-order chi connectivity index (χ0) is 18.4. The van der Waals surface area contributed by atoms with E-state index in [0.29, 0.717) is 15.6 Å². The van der Waals surface area contributed by atoms with E-state index >= 15 is 0 Å². The van der Waals surface area contributed by atoms with Gasteiger partial charge in [0.25, 0.3) is 0 Å². The summed E-state index contributed by atoms with van der Waals surface area (Å²) in [7, 11) is 0. The third-order valence-corrected chi connectivity index (χ3v) is 3.88. The molecular formula is C18H15Cl2F2NO2. The lowest BCUT2D eigenvalue weighted by Gasteiger charge is -2.14. The Labute approximate surface area is 154 Å². The molecule has 7 heteroatoms. The minimum atomic E-state index is -2.87. The topological polar surface area (TPSA) is 38.3 Å². The van der Waals surface area contributed by atoms with Gasteiger partial charge in [0.2, 0.25) is 5.91 Å². The summed E-state index contributed by atoms with van der Waals surface area (Å²) in [5, 5.41) is 3.78. The van der Waals surface area contributed by atoms with Crippen LogP contribution in [0.5, 0.6) is 5.75 Å². The maximum absolute atomic E-state index is 12.1. The summed E-state index contributed by atoms with van der Waals surface area (Å²) in [5.41, 5.74) is 1.43. The number of carbonyl (C=O) groups is 1. The summed E-state index contributed by atoms with van der Waals surface area (Å²) >= 11 is 12.0. The van der Waals surface area contributed by atoms with Crippen LogP contribution in [0.15, 0.2) is 48.5 Å². The average molecular weight is 386 g/mol. The number of ether oxygens (including phenoxy) is 1. The molecule has 0 unspecified atom stereocenters. The number of carbonyl (C=O) groups excluding carboxylic acids is 1. The summed E-state index contributed by atoms with van der Waals surface area (Å²) in [6, 6.07) is 10.7. The molecule has 1 amide bonds. The molecule has 0 heterocycles. The number of benzene rings is 2. The molecule has 1 atom stereocenters. The van der Waals surface area contributed by atoms with Crippen LogP contribution in [0.4, 0.5) is 8.78 Å². The SMILES string of the molecule is C[C@H](NC(=O)/C=C/c1ccc(OC(F)F)cc1)c1ccc(Cl)cc1Cl. The van der Waals surface area contributed by atoms with Crippen LogP contribution in [0.1, 0.15) is 24.1 Å². The number of amides is 1. The maximum Gasteiger partial charge on any atom is 0.387 e. The molecular weight excluding hydrogens is 371 g/mol. The van der Waals surface area contributed by atoms with E-state index in [1.807, 2.05) is 0 Å². The number of hydrogen-bond donors (Lipinski definition) is 1. The number of halogens is 4. The van der Waals surface area contributed by atoms with Crippen molar-refractivity contribution in [1.82, 2.24) is 5.32 Å². The first-order chi connectivity index (χ1) is 11.8. The van der Waals surface area contributed by atoms with Gasteiger partial charge in [-0.25, -0.2) is 0 Å². The standard InChI is InChI=1S/C18H15Cl2F2NO2/c1-11(15-8-5-13(19)10-16(15)20)23-17(24)9-4-12-2-6-14(7-3-12)25-18(21)22/h2-11,18H,1H3,(H,23,24)/b9-4+/t11-/m0/s1. The Morgan fingerprint density at radius 1 is 1.16 bits per heavy atom. The number of alkyl halides is 2. The Kier molecular flexibility index (Phi) is 6.79. The Morgan fingerprint density at radius 2 is 1.84 bits per heavy atom. The Morgan fingerprint density at radius 3 is 2.44 bits per heavy atom. The minimum Gasteiger partial charge on any atom is -0.435 e. The van der Waals surface area contributed by atoms with Crippen molar-refractivity contribution >= 4 is 35.2 Å². The van der Waals surface area contributed by atoms with Gasteiger partial charge >= 0.3 is 6.61 Å². The quantitative estimate of drug-likeness (QED) is 0.668. The van der Waals surface area contributed by atoms with Crippen LogP contribution >= 0.6 is 23.2 Å². The highest BCUT2D eigenvalue weighted by atomic mass is 35.5. The summed E-state index contributed by atoms with van der Waals surface area (Å²) in [6.07, 6.45) is 2.92. The first kappa shape index (κ1) is 19.2. The van der Waals surface area contributed by atoms with Crippen molar-refractivity contribution in [2.45, 2.75) is 19.6 Å². The summed E-state index contributed by atoms with van der Waals surface area (Å²) < 4.78 is 28.4. The predicted molar refractivity (Wildman–Crippen MR) is 95.1 cm³/mol. The third-order valence-electron chi connectivity index (χ3n) is 3.32. The van der Waals surface area contributed by atoms with E-state index in [9.17, 15) is 13.6 Å². The lowest BCUT2D eigenvalue weighted by atomic mass is 10.1. The molecule has 0 spiro atoms. The normalized spacial score (nSPS) is 12.4. The van der Waals surface area contributed by atoms with Gasteiger partial charge in [0.15, 0.2) is 0 Å². The summed E-state index contributed by atoms with van der Waals surface area (Å²) in [5.74, 6) is -0.256. The van der Waals surface area contributed by atoms with Crippen molar-refractivity contribution < 1.29 is 18.3 Å². The minimum absolute atomic E-state index is 0.0580. The van der Waals surface area contributed by atoms with E-state index in [2.05, 4.69) is 10.1 Å². The fourth-order valence-corrected chi connectivity index (χ4v) is 2.70. The van der Waals surface area contributed by atoms with E-state index < -0.39 is 6.61 Å². The van der Waals surface area contributed by atoms with E-state index in [0.717, 1.165) is 5.56 Å². The molecule has 0 aromatic heterocycles. The lowest BCUT2D eigenvalue weighted by Crippen LogP contribution is -2.24. The van der Waals surface area contributed by atoms with Crippen molar-refractivity contribution in [2.75, 3.05) is 0 Å². The lowest BCUT2D eigenvalue weighted by molar-refractivity contribution is -0.117. The molecule has 0 aliphatic heterocycles. The van der Waals surface area contributed by atoms with Gasteiger partial charge in [-0.05, 0) is 48.4 Å². The highest BCUT2D eigenvalue weighted by Gasteiger charge is 2.11. The Hall–Kier alpha value is -2.11. The van der Waals surface area contributed by atoms with E-state index in [1.54, 1.807) is 43.3 Å². The number of hydrogen-bond acceptors (Lipinski definition) is 2. The highest BCUT2D eigenvalue weighted by Crippen LogP contribution is 2.26. The first-order valence-electron chi connectivity index (χ1n) is 7.33. The van der Waals surface area contributed by atoms with Crippen LogP contribution in [0.25, 0.3) is 6.08 Å². The monoisotopic (exact) mass is 385 g/mol. The Balaban J connectivity index is 1.95. The molecule has 0 saturated heterocycles. The third kappa shape index (κ3) is 6.03. The van der Waals surface area contributed by atoms with Crippen LogP contribution in [0, 0.1) is 0 Å². The molecule has 25 heavy (non-hydrogen) atoms. The van der Waals surface area contributed by atoms with Crippen LogP contribution in [0.3, 0.4) is 0 Å². The molecule has 2 aromatic carbocycles. The molecule has 2 aromatic rings. The molecule has 2 rings (SSSR count). The second-order valence-electron chi connectivity index (χ2n) is 5.18. The first-order valence-corrected chi connectivity index (χ1v) is 8.09. The zero-order valence-electron chi connectivity index (χ0n) is 13.2. The van der Waals surface area contributed by atoms with Crippen LogP contribution in [-0.2, 0) is 4.79 Å². The van der Waals surface area contributed by atoms with Crippen LogP contribution < -0.4 is 10.1 Å². The largest absolute Gasteiger partial charge is 0.435 e. The molecule has 0 bridgehead atoms. The highest BCUT2D eigenvalue weighted by molar-refractivity contribution is 6.35. The number of rotatable bonds is 6. The van der Waals surface area contributed by atoms with Gasteiger partial charge in [0.1, 0.15) is 5.75 Å². The van der Waals surface area contributed by atoms with Crippen molar-refractivity contribution in [3.63, 3.8) is 0 Å². The fourth-order valence-electron chi connectivity index (χ4n) is 2.12. The zero-order valence-corrected chi connectivity index (χ0v) is 14.7. The van der Waals surface area contributed by atoms with Gasteiger partial charge in [-0.2, -0.15) is 8.78 Å². The smallest absolute Gasteiger partial charge is 0.387 e. The predicted octanol–water partition coefficient (Wildman–Crippen LogP) is 5.49. The van der Waals surface area contributed by atoms with E-state index in [4.69, 9.17) is 23.2 Å². The van der Waals surface area contributed by atoms with Crippen LogP contribution in [0.2, 0.25) is 10.0 Å². The molecule has 3 nitrogen and oxygen atoms in total. The fraction of sp³-hybridized carbons (Fsp3) is 0.167. The number of nitrogens with one attached hydrogen (secondary N) is 1. The van der Waals surface area contributed by atoms with Gasteiger partial charge in [0.05, 0.1) is 6.04 Å². The second-order valence-corrected chi connectivity index (χ2v) is 6.02.